The van der Waals surface area contributed by atoms with Crippen molar-refractivity contribution < 1.29 is 0 Å². The van der Waals surface area contributed by atoms with E-state index in [1.807, 2.05) is 6.07 Å². The monoisotopic (exact) mass is 237 g/mol. The summed E-state index contributed by atoms with van der Waals surface area (Å²) in [6.07, 6.45) is 4.09. The highest BCUT2D eigenvalue weighted by atomic mass is 15.1. The second-order valence-corrected chi connectivity index (χ2v) is 4.28. The molecule has 0 bridgehead atoms. The molecular weight excluding hydrogens is 214 g/mol. The number of nitrogens with one attached hydrogen (secondary N) is 2. The highest BCUT2D eigenvalue weighted by Gasteiger charge is 1.98. The molecular formula is C12H23N5. The van der Waals surface area contributed by atoms with Gasteiger partial charge in [0, 0.05) is 25.8 Å². The van der Waals surface area contributed by atoms with Gasteiger partial charge in [0.25, 0.3) is 0 Å². The van der Waals surface area contributed by atoms with Crippen LogP contribution in [0.3, 0.4) is 0 Å². The minimum atomic E-state index is 0.702. The van der Waals surface area contributed by atoms with Crippen LogP contribution in [0.15, 0.2) is 12.3 Å². The third-order valence-corrected chi connectivity index (χ3v) is 2.33. The molecule has 0 aliphatic carbocycles. The van der Waals surface area contributed by atoms with Crippen LogP contribution in [0.25, 0.3) is 0 Å². The number of hydrogen-bond donors (Lipinski definition) is 2. The van der Waals surface area contributed by atoms with Gasteiger partial charge in [0.05, 0.1) is 0 Å². The molecule has 1 aromatic heterocycles. The molecule has 0 saturated heterocycles. The second-order valence-electron chi connectivity index (χ2n) is 4.28. The lowest BCUT2D eigenvalue weighted by molar-refractivity contribution is 0.425. The predicted molar refractivity (Wildman–Crippen MR) is 72.5 cm³/mol. The Hall–Kier alpha value is -1.36. The maximum atomic E-state index is 4.39. The summed E-state index contributed by atoms with van der Waals surface area (Å²) in [4.78, 5) is 10.7. The van der Waals surface area contributed by atoms with Crippen LogP contribution in [-0.2, 0) is 0 Å². The van der Waals surface area contributed by atoms with Crippen LogP contribution >= 0.6 is 0 Å². The van der Waals surface area contributed by atoms with Crippen molar-refractivity contribution in [2.75, 3.05) is 44.4 Å². The normalized spacial score (nSPS) is 10.6. The van der Waals surface area contributed by atoms with E-state index in [9.17, 15) is 0 Å². The molecule has 0 aliphatic heterocycles. The van der Waals surface area contributed by atoms with Crippen molar-refractivity contribution in [3.63, 3.8) is 0 Å². The number of anilines is 2. The first-order valence-corrected chi connectivity index (χ1v) is 6.18. The fourth-order valence-corrected chi connectivity index (χ4v) is 1.33. The first kappa shape index (κ1) is 13.7. The summed E-state index contributed by atoms with van der Waals surface area (Å²) in [6, 6.07) is 1.89. The van der Waals surface area contributed by atoms with Gasteiger partial charge in [-0.15, -0.1) is 0 Å². The van der Waals surface area contributed by atoms with Gasteiger partial charge in [0.2, 0.25) is 5.95 Å². The zero-order chi connectivity index (χ0) is 12.5. The average molecular weight is 237 g/mol. The zero-order valence-electron chi connectivity index (χ0n) is 11.0. The van der Waals surface area contributed by atoms with Crippen LogP contribution < -0.4 is 10.6 Å². The van der Waals surface area contributed by atoms with E-state index in [0.29, 0.717) is 5.95 Å². The lowest BCUT2D eigenvalue weighted by atomic mass is 10.3. The molecule has 0 atom stereocenters. The van der Waals surface area contributed by atoms with Gasteiger partial charge in [0.15, 0.2) is 0 Å². The first-order valence-electron chi connectivity index (χ1n) is 6.18. The van der Waals surface area contributed by atoms with Crippen LogP contribution in [-0.4, -0.2) is 48.6 Å². The Bertz CT molecular complexity index is 314. The summed E-state index contributed by atoms with van der Waals surface area (Å²) in [5.74, 6) is 1.58. The summed E-state index contributed by atoms with van der Waals surface area (Å²) < 4.78 is 0. The zero-order valence-corrected chi connectivity index (χ0v) is 11.0. The van der Waals surface area contributed by atoms with Crippen molar-refractivity contribution in [1.29, 1.82) is 0 Å². The SMILES string of the molecule is CCCCNc1nccc(NCCN(C)C)n1. The predicted octanol–water partition coefficient (Wildman–Crippen LogP) is 1.66. The van der Waals surface area contributed by atoms with E-state index in [-0.39, 0.29) is 0 Å². The maximum absolute atomic E-state index is 4.39. The quantitative estimate of drug-likeness (QED) is 0.674. The fourth-order valence-electron chi connectivity index (χ4n) is 1.33. The van der Waals surface area contributed by atoms with E-state index < -0.39 is 0 Å². The molecule has 0 amide bonds. The molecule has 0 saturated carbocycles. The molecule has 2 N–H and O–H groups in total. The Balaban J connectivity index is 2.37. The second kappa shape index (κ2) is 7.84. The number of aromatic nitrogens is 2. The molecule has 1 heterocycles. The Labute approximate surface area is 104 Å². The van der Waals surface area contributed by atoms with Crippen molar-refractivity contribution in [3.8, 4) is 0 Å². The van der Waals surface area contributed by atoms with Crippen molar-refractivity contribution in [1.82, 2.24) is 14.9 Å². The van der Waals surface area contributed by atoms with E-state index in [2.05, 4.69) is 46.5 Å². The first-order chi connectivity index (χ1) is 8.22. The minimum Gasteiger partial charge on any atom is -0.369 e. The fraction of sp³-hybridized carbons (Fsp3) is 0.667. The van der Waals surface area contributed by atoms with Gasteiger partial charge in [-0.3, -0.25) is 0 Å². The highest BCUT2D eigenvalue weighted by Crippen LogP contribution is 2.05. The molecule has 0 aromatic carbocycles. The molecule has 96 valence electrons. The van der Waals surface area contributed by atoms with Crippen LogP contribution in [0, 0.1) is 0 Å². The van der Waals surface area contributed by atoms with Gasteiger partial charge in [0.1, 0.15) is 5.82 Å². The van der Waals surface area contributed by atoms with Gasteiger partial charge in [-0.05, 0) is 26.6 Å². The van der Waals surface area contributed by atoms with Crippen LogP contribution in [0.5, 0.6) is 0 Å². The molecule has 1 aromatic rings. The third kappa shape index (κ3) is 6.06. The van der Waals surface area contributed by atoms with Gasteiger partial charge in [-0.1, -0.05) is 13.3 Å². The topological polar surface area (TPSA) is 53.1 Å². The summed E-state index contributed by atoms with van der Waals surface area (Å²) in [6.45, 7) is 4.97. The van der Waals surface area contributed by atoms with E-state index in [4.69, 9.17) is 0 Å². The number of hydrogen-bond acceptors (Lipinski definition) is 5. The van der Waals surface area contributed by atoms with Gasteiger partial charge in [-0.25, -0.2) is 4.98 Å². The molecule has 0 unspecified atom stereocenters. The number of nitrogens with zero attached hydrogens (tertiary/aromatic N) is 3. The van der Waals surface area contributed by atoms with Gasteiger partial charge >= 0.3 is 0 Å². The molecule has 0 spiro atoms. The summed E-state index contributed by atoms with van der Waals surface area (Å²) >= 11 is 0. The minimum absolute atomic E-state index is 0.702. The number of unbranched alkanes of at least 4 members (excludes halogenated alkanes) is 1. The lowest BCUT2D eigenvalue weighted by Crippen LogP contribution is -2.21. The highest BCUT2D eigenvalue weighted by molar-refractivity contribution is 5.39. The molecule has 17 heavy (non-hydrogen) atoms. The third-order valence-electron chi connectivity index (χ3n) is 2.33. The van der Waals surface area contributed by atoms with Gasteiger partial charge in [-0.2, -0.15) is 4.98 Å². The molecule has 0 fully saturated rings. The summed E-state index contributed by atoms with van der Waals surface area (Å²) in [5, 5.41) is 6.49. The van der Waals surface area contributed by atoms with E-state index in [1.54, 1.807) is 6.20 Å². The van der Waals surface area contributed by atoms with Crippen molar-refractivity contribution >= 4 is 11.8 Å². The molecule has 1 rings (SSSR count). The van der Waals surface area contributed by atoms with Crippen molar-refractivity contribution in [2.24, 2.45) is 0 Å². The Morgan fingerprint density at radius 2 is 2.06 bits per heavy atom. The van der Waals surface area contributed by atoms with E-state index in [0.717, 1.165) is 31.9 Å². The largest absolute Gasteiger partial charge is 0.369 e. The van der Waals surface area contributed by atoms with E-state index >= 15 is 0 Å². The summed E-state index contributed by atoms with van der Waals surface area (Å²) in [7, 11) is 4.11. The average Bonchev–Trinajstić information content (AvgIpc) is 2.29. The number of likely N-dealkylation sites (N-methyl/N-ethyl adjacent to an activating group) is 1. The van der Waals surface area contributed by atoms with Crippen LogP contribution in [0.2, 0.25) is 0 Å². The number of rotatable bonds is 8. The van der Waals surface area contributed by atoms with E-state index in [1.165, 1.54) is 6.42 Å². The van der Waals surface area contributed by atoms with Crippen molar-refractivity contribution in [3.05, 3.63) is 12.3 Å². The standard InChI is InChI=1S/C12H23N5/c1-4-5-7-14-12-15-8-6-11(16-12)13-9-10-17(2)3/h6,8H,4-5,7,9-10H2,1-3H3,(H2,13,14,15,16). The van der Waals surface area contributed by atoms with Crippen LogP contribution in [0.1, 0.15) is 19.8 Å². The van der Waals surface area contributed by atoms with Crippen molar-refractivity contribution in [2.45, 2.75) is 19.8 Å². The smallest absolute Gasteiger partial charge is 0.224 e. The Kier molecular flexibility index (Phi) is 6.32. The Morgan fingerprint density at radius 1 is 1.24 bits per heavy atom. The Morgan fingerprint density at radius 3 is 2.76 bits per heavy atom. The maximum Gasteiger partial charge on any atom is 0.224 e. The van der Waals surface area contributed by atoms with Crippen LogP contribution in [0.4, 0.5) is 11.8 Å². The molecule has 0 aliphatic rings. The summed E-state index contributed by atoms with van der Waals surface area (Å²) in [5.41, 5.74) is 0. The van der Waals surface area contributed by atoms with Gasteiger partial charge < -0.3 is 15.5 Å². The molecule has 5 nitrogen and oxygen atoms in total. The molecule has 5 heteroatoms. The molecule has 0 radical (unpaired) electrons. The lowest BCUT2D eigenvalue weighted by Gasteiger charge is -2.11.